The van der Waals surface area contributed by atoms with Crippen molar-refractivity contribution < 1.29 is 9.90 Å². The van der Waals surface area contributed by atoms with E-state index in [9.17, 15) is 9.90 Å². The van der Waals surface area contributed by atoms with Crippen molar-refractivity contribution in [2.75, 3.05) is 5.32 Å². The van der Waals surface area contributed by atoms with Crippen LogP contribution in [-0.4, -0.2) is 17.1 Å². The smallest absolute Gasteiger partial charge is 0.326 e. The van der Waals surface area contributed by atoms with Crippen molar-refractivity contribution in [2.45, 2.75) is 70.8 Å². The normalized spacial score (nSPS) is 12.0. The fraction of sp³-hybridized carbons (Fsp3) is 0.611. The average Bonchev–Trinajstić information content (AvgIpc) is 2.49. The molecular formula is C18H29NO2. The molecule has 0 spiro atoms. The number of anilines is 1. The van der Waals surface area contributed by atoms with Crippen LogP contribution in [-0.2, 0) is 4.79 Å². The summed E-state index contributed by atoms with van der Waals surface area (Å²) in [6, 6.07) is 9.09. The Morgan fingerprint density at radius 1 is 1.00 bits per heavy atom. The van der Waals surface area contributed by atoms with Crippen LogP contribution in [0.5, 0.6) is 0 Å². The average molecular weight is 291 g/mol. The van der Waals surface area contributed by atoms with E-state index >= 15 is 0 Å². The van der Waals surface area contributed by atoms with E-state index in [0.717, 1.165) is 18.5 Å². The predicted octanol–water partition coefficient (Wildman–Crippen LogP) is 5.08. The molecule has 1 aromatic carbocycles. The van der Waals surface area contributed by atoms with Crippen LogP contribution in [0.25, 0.3) is 0 Å². The second kappa shape index (κ2) is 11.2. The lowest BCUT2D eigenvalue weighted by atomic mass is 10.0. The van der Waals surface area contributed by atoms with Crippen LogP contribution in [0.3, 0.4) is 0 Å². The second-order valence-corrected chi connectivity index (χ2v) is 5.66. The van der Waals surface area contributed by atoms with Gasteiger partial charge in [0, 0.05) is 5.69 Å². The van der Waals surface area contributed by atoms with Crippen LogP contribution in [0.4, 0.5) is 5.69 Å². The Hall–Kier alpha value is -1.51. The van der Waals surface area contributed by atoms with Gasteiger partial charge in [-0.1, -0.05) is 76.5 Å². The molecule has 0 aliphatic rings. The molecule has 3 nitrogen and oxygen atoms in total. The summed E-state index contributed by atoms with van der Waals surface area (Å²) in [6.07, 6.45) is 10.6. The van der Waals surface area contributed by atoms with Gasteiger partial charge in [-0.2, -0.15) is 0 Å². The first-order valence-electron chi connectivity index (χ1n) is 8.28. The highest BCUT2D eigenvalue weighted by atomic mass is 16.4. The van der Waals surface area contributed by atoms with E-state index in [1.165, 1.54) is 38.5 Å². The maximum atomic E-state index is 11.3. The predicted molar refractivity (Wildman–Crippen MR) is 88.7 cm³/mol. The first-order chi connectivity index (χ1) is 10.2. The molecule has 0 bridgehead atoms. The third-order valence-electron chi connectivity index (χ3n) is 3.76. The summed E-state index contributed by atoms with van der Waals surface area (Å²) in [5.74, 6) is -0.762. The molecule has 21 heavy (non-hydrogen) atoms. The van der Waals surface area contributed by atoms with E-state index in [1.807, 2.05) is 30.3 Å². The van der Waals surface area contributed by atoms with E-state index in [1.54, 1.807) is 0 Å². The lowest BCUT2D eigenvalue weighted by Crippen LogP contribution is -2.29. The van der Waals surface area contributed by atoms with Crippen LogP contribution >= 0.6 is 0 Å². The van der Waals surface area contributed by atoms with Crippen molar-refractivity contribution in [2.24, 2.45) is 0 Å². The fourth-order valence-corrected chi connectivity index (χ4v) is 2.48. The molecule has 0 aliphatic heterocycles. The number of hydrogen-bond donors (Lipinski definition) is 2. The standard InChI is InChI=1S/C18H29NO2/c1-2-3-4-5-6-7-8-12-15-17(18(20)21)19-16-13-10-9-11-14-16/h9-11,13-14,17,19H,2-8,12,15H2,1H3,(H,20,21). The van der Waals surface area contributed by atoms with Gasteiger partial charge in [0.15, 0.2) is 0 Å². The molecule has 3 heteroatoms. The molecule has 1 aromatic rings. The number of benzene rings is 1. The molecule has 1 unspecified atom stereocenters. The van der Waals surface area contributed by atoms with Gasteiger partial charge in [-0.05, 0) is 18.6 Å². The van der Waals surface area contributed by atoms with Gasteiger partial charge in [-0.15, -0.1) is 0 Å². The van der Waals surface area contributed by atoms with Crippen molar-refractivity contribution in [3.8, 4) is 0 Å². The monoisotopic (exact) mass is 291 g/mol. The Morgan fingerprint density at radius 3 is 2.14 bits per heavy atom. The van der Waals surface area contributed by atoms with E-state index in [-0.39, 0.29) is 0 Å². The topological polar surface area (TPSA) is 49.3 Å². The number of carboxylic acid groups (broad SMARTS) is 1. The van der Waals surface area contributed by atoms with Crippen LogP contribution < -0.4 is 5.32 Å². The summed E-state index contributed by atoms with van der Waals surface area (Å²) in [4.78, 5) is 11.3. The Labute approximate surface area is 128 Å². The first kappa shape index (κ1) is 17.5. The zero-order valence-electron chi connectivity index (χ0n) is 13.2. The lowest BCUT2D eigenvalue weighted by molar-refractivity contribution is -0.138. The Morgan fingerprint density at radius 2 is 1.57 bits per heavy atom. The van der Waals surface area contributed by atoms with Gasteiger partial charge >= 0.3 is 5.97 Å². The Kier molecular flexibility index (Phi) is 9.34. The summed E-state index contributed by atoms with van der Waals surface area (Å²) >= 11 is 0. The summed E-state index contributed by atoms with van der Waals surface area (Å²) in [7, 11) is 0. The molecule has 0 radical (unpaired) electrons. The maximum Gasteiger partial charge on any atom is 0.326 e. The molecule has 1 atom stereocenters. The van der Waals surface area contributed by atoms with Crippen molar-refractivity contribution in [1.82, 2.24) is 0 Å². The van der Waals surface area contributed by atoms with Gasteiger partial charge in [0.05, 0.1) is 0 Å². The lowest BCUT2D eigenvalue weighted by Gasteiger charge is -2.15. The Bertz CT molecular complexity index is 378. The largest absolute Gasteiger partial charge is 0.480 e. The summed E-state index contributed by atoms with van der Waals surface area (Å²) in [5.41, 5.74) is 0.879. The van der Waals surface area contributed by atoms with Crippen LogP contribution in [0.1, 0.15) is 64.7 Å². The molecule has 0 aromatic heterocycles. The quantitative estimate of drug-likeness (QED) is 0.528. The van der Waals surface area contributed by atoms with Crippen LogP contribution in [0, 0.1) is 0 Å². The van der Waals surface area contributed by atoms with Gasteiger partial charge in [-0.25, -0.2) is 4.79 Å². The maximum absolute atomic E-state index is 11.3. The van der Waals surface area contributed by atoms with Crippen molar-refractivity contribution >= 4 is 11.7 Å². The van der Waals surface area contributed by atoms with E-state index in [0.29, 0.717) is 6.42 Å². The van der Waals surface area contributed by atoms with Gasteiger partial charge in [0.25, 0.3) is 0 Å². The van der Waals surface area contributed by atoms with Crippen molar-refractivity contribution in [3.63, 3.8) is 0 Å². The van der Waals surface area contributed by atoms with Crippen LogP contribution in [0.2, 0.25) is 0 Å². The van der Waals surface area contributed by atoms with Gasteiger partial charge < -0.3 is 10.4 Å². The van der Waals surface area contributed by atoms with E-state index in [2.05, 4.69) is 12.2 Å². The zero-order chi connectivity index (χ0) is 15.3. The molecule has 118 valence electrons. The van der Waals surface area contributed by atoms with Gasteiger partial charge in [0.1, 0.15) is 6.04 Å². The minimum atomic E-state index is -0.762. The number of unbranched alkanes of at least 4 members (excludes halogenated alkanes) is 7. The number of rotatable bonds is 12. The molecule has 0 aliphatic carbocycles. The number of nitrogens with one attached hydrogen (secondary N) is 1. The molecule has 0 amide bonds. The summed E-state index contributed by atoms with van der Waals surface area (Å²) in [5, 5.41) is 12.4. The molecule has 1 rings (SSSR count). The number of carboxylic acids is 1. The van der Waals surface area contributed by atoms with Crippen molar-refractivity contribution in [1.29, 1.82) is 0 Å². The number of aliphatic carboxylic acids is 1. The van der Waals surface area contributed by atoms with E-state index < -0.39 is 12.0 Å². The first-order valence-corrected chi connectivity index (χ1v) is 8.28. The summed E-state index contributed by atoms with van der Waals surface area (Å²) in [6.45, 7) is 2.23. The fourth-order valence-electron chi connectivity index (χ4n) is 2.48. The van der Waals surface area contributed by atoms with Crippen molar-refractivity contribution in [3.05, 3.63) is 30.3 Å². The molecule has 0 fully saturated rings. The molecule has 0 saturated carbocycles. The highest BCUT2D eigenvalue weighted by molar-refractivity contribution is 5.77. The zero-order valence-corrected chi connectivity index (χ0v) is 13.2. The SMILES string of the molecule is CCCCCCCCCCC(Nc1ccccc1)C(=O)O. The highest BCUT2D eigenvalue weighted by Crippen LogP contribution is 2.14. The molecule has 2 N–H and O–H groups in total. The minimum Gasteiger partial charge on any atom is -0.480 e. The number of hydrogen-bond acceptors (Lipinski definition) is 2. The molecule has 0 heterocycles. The van der Waals surface area contributed by atoms with Gasteiger partial charge in [-0.3, -0.25) is 0 Å². The van der Waals surface area contributed by atoms with E-state index in [4.69, 9.17) is 0 Å². The summed E-state index contributed by atoms with van der Waals surface area (Å²) < 4.78 is 0. The molecular weight excluding hydrogens is 262 g/mol. The second-order valence-electron chi connectivity index (χ2n) is 5.66. The molecule has 0 saturated heterocycles. The van der Waals surface area contributed by atoms with Gasteiger partial charge in [0.2, 0.25) is 0 Å². The number of carbonyl (C=O) groups is 1. The third-order valence-corrected chi connectivity index (χ3v) is 3.76. The van der Waals surface area contributed by atoms with Crippen LogP contribution in [0.15, 0.2) is 30.3 Å². The number of para-hydroxylation sites is 1. The third kappa shape index (κ3) is 8.38. The highest BCUT2D eigenvalue weighted by Gasteiger charge is 2.16. The minimum absolute atomic E-state index is 0.479. The Balaban J connectivity index is 2.16.